The van der Waals surface area contributed by atoms with Crippen LogP contribution in [0.3, 0.4) is 0 Å². The van der Waals surface area contributed by atoms with Crippen molar-refractivity contribution in [2.75, 3.05) is 0 Å². The SMILES string of the molecule is O=C1NCc2cc(OS(=O)(=O)F)ccc2O1. The summed E-state index contributed by atoms with van der Waals surface area (Å²) in [5, 5.41) is 2.37. The van der Waals surface area contributed by atoms with Gasteiger partial charge in [0.1, 0.15) is 11.5 Å². The first-order chi connectivity index (χ1) is 7.44. The van der Waals surface area contributed by atoms with Crippen molar-refractivity contribution < 1.29 is 26.0 Å². The maximum absolute atomic E-state index is 12.2. The van der Waals surface area contributed by atoms with Crippen LogP contribution in [0, 0.1) is 0 Å². The van der Waals surface area contributed by atoms with E-state index in [2.05, 4.69) is 9.50 Å². The summed E-state index contributed by atoms with van der Waals surface area (Å²) in [7, 11) is -5.04. The molecule has 1 aromatic carbocycles. The average Bonchev–Trinajstić information content (AvgIpc) is 2.16. The van der Waals surface area contributed by atoms with Crippen molar-refractivity contribution in [1.29, 1.82) is 0 Å². The summed E-state index contributed by atoms with van der Waals surface area (Å²) in [6.45, 7) is 0.164. The van der Waals surface area contributed by atoms with Crippen molar-refractivity contribution in [2.45, 2.75) is 6.54 Å². The van der Waals surface area contributed by atoms with Gasteiger partial charge in [-0.25, -0.2) is 4.79 Å². The molecular formula is C8H6FNO5S. The number of carbonyl (C=O) groups excluding carboxylic acids is 1. The van der Waals surface area contributed by atoms with Crippen LogP contribution in [0.4, 0.5) is 8.68 Å². The average molecular weight is 247 g/mol. The first kappa shape index (κ1) is 10.7. The van der Waals surface area contributed by atoms with E-state index < -0.39 is 16.6 Å². The van der Waals surface area contributed by atoms with Crippen molar-refractivity contribution in [3.63, 3.8) is 0 Å². The topological polar surface area (TPSA) is 81.7 Å². The fourth-order valence-electron chi connectivity index (χ4n) is 1.26. The van der Waals surface area contributed by atoms with Gasteiger partial charge in [0, 0.05) is 12.1 Å². The van der Waals surface area contributed by atoms with Crippen molar-refractivity contribution in [3.8, 4) is 11.5 Å². The van der Waals surface area contributed by atoms with E-state index in [0.717, 1.165) is 0 Å². The van der Waals surface area contributed by atoms with Crippen molar-refractivity contribution in [1.82, 2.24) is 5.32 Å². The summed E-state index contributed by atoms with van der Waals surface area (Å²) in [6, 6.07) is 3.79. The lowest BCUT2D eigenvalue weighted by Gasteiger charge is -2.16. The Morgan fingerprint density at radius 3 is 2.88 bits per heavy atom. The van der Waals surface area contributed by atoms with Gasteiger partial charge in [0.15, 0.2) is 0 Å². The van der Waals surface area contributed by atoms with Crippen LogP contribution in [-0.4, -0.2) is 14.5 Å². The van der Waals surface area contributed by atoms with Crippen molar-refractivity contribution >= 4 is 16.6 Å². The molecule has 8 heteroatoms. The Morgan fingerprint density at radius 1 is 1.44 bits per heavy atom. The highest BCUT2D eigenvalue weighted by Gasteiger charge is 2.18. The molecule has 0 aromatic heterocycles. The molecule has 1 amide bonds. The van der Waals surface area contributed by atoms with Gasteiger partial charge in [0.05, 0.1) is 0 Å². The number of fused-ring (bicyclic) bond motifs is 1. The Hall–Kier alpha value is -1.83. The largest absolute Gasteiger partial charge is 0.488 e. The lowest BCUT2D eigenvalue weighted by atomic mass is 10.2. The van der Waals surface area contributed by atoms with E-state index in [-0.39, 0.29) is 18.0 Å². The molecular weight excluding hydrogens is 241 g/mol. The van der Waals surface area contributed by atoms with Gasteiger partial charge in [-0.3, -0.25) is 0 Å². The molecule has 1 heterocycles. The number of hydrogen-bond acceptors (Lipinski definition) is 5. The second-order valence-electron chi connectivity index (χ2n) is 2.99. The molecule has 1 N–H and O–H groups in total. The minimum atomic E-state index is -5.04. The van der Waals surface area contributed by atoms with Gasteiger partial charge < -0.3 is 14.2 Å². The number of rotatable bonds is 2. The number of benzene rings is 1. The third-order valence-corrected chi connectivity index (χ3v) is 2.25. The van der Waals surface area contributed by atoms with E-state index in [1.165, 1.54) is 18.2 Å². The molecule has 0 saturated carbocycles. The zero-order chi connectivity index (χ0) is 11.8. The van der Waals surface area contributed by atoms with Crippen molar-refractivity contribution in [3.05, 3.63) is 23.8 Å². The molecule has 1 aliphatic heterocycles. The fraction of sp³-hybridized carbons (Fsp3) is 0.125. The minimum absolute atomic E-state index is 0.164. The molecule has 0 saturated heterocycles. The first-order valence-corrected chi connectivity index (χ1v) is 5.47. The molecule has 0 atom stereocenters. The smallest absolute Gasteiger partial charge is 0.410 e. The monoisotopic (exact) mass is 247 g/mol. The second-order valence-corrected chi connectivity index (χ2v) is 3.94. The molecule has 0 unspecified atom stereocenters. The van der Waals surface area contributed by atoms with Gasteiger partial charge in [-0.1, -0.05) is 3.89 Å². The molecule has 16 heavy (non-hydrogen) atoms. The fourth-order valence-corrected chi connectivity index (χ4v) is 1.60. The zero-order valence-corrected chi connectivity index (χ0v) is 8.58. The summed E-state index contributed by atoms with van der Waals surface area (Å²) in [5.74, 6) is 0.105. The van der Waals surface area contributed by atoms with Gasteiger partial charge in [-0.05, 0) is 18.2 Å². The van der Waals surface area contributed by atoms with Crippen LogP contribution < -0.4 is 14.2 Å². The van der Waals surface area contributed by atoms with Gasteiger partial charge in [0.25, 0.3) is 0 Å². The van der Waals surface area contributed by atoms with Crippen LogP contribution in [0.25, 0.3) is 0 Å². The quantitative estimate of drug-likeness (QED) is 0.784. The highest BCUT2D eigenvalue weighted by Crippen LogP contribution is 2.27. The molecule has 0 fully saturated rings. The summed E-state index contributed by atoms with van der Waals surface area (Å²) in [5.41, 5.74) is 0.501. The molecule has 1 aliphatic rings. The highest BCUT2D eigenvalue weighted by molar-refractivity contribution is 7.81. The first-order valence-electron chi connectivity index (χ1n) is 4.17. The van der Waals surface area contributed by atoms with E-state index >= 15 is 0 Å². The van der Waals surface area contributed by atoms with Crippen LogP contribution in [0.2, 0.25) is 0 Å². The Labute approximate surface area is 90.4 Å². The summed E-state index contributed by atoms with van der Waals surface area (Å²) in [6.07, 6.45) is -0.598. The number of halogens is 1. The Morgan fingerprint density at radius 2 is 2.19 bits per heavy atom. The van der Waals surface area contributed by atoms with Crippen LogP contribution >= 0.6 is 0 Å². The highest BCUT2D eigenvalue weighted by atomic mass is 32.3. The molecule has 1 aromatic rings. The number of carbonyl (C=O) groups is 1. The number of ether oxygens (including phenoxy) is 1. The molecule has 0 bridgehead atoms. The molecule has 0 spiro atoms. The second kappa shape index (κ2) is 3.63. The van der Waals surface area contributed by atoms with Crippen LogP contribution in [0.15, 0.2) is 18.2 Å². The third kappa shape index (κ3) is 2.40. The predicted molar refractivity (Wildman–Crippen MR) is 50.0 cm³/mol. The van der Waals surface area contributed by atoms with E-state index in [1.54, 1.807) is 0 Å². The van der Waals surface area contributed by atoms with Gasteiger partial charge in [0.2, 0.25) is 0 Å². The maximum atomic E-state index is 12.2. The third-order valence-electron chi connectivity index (χ3n) is 1.85. The molecule has 0 radical (unpaired) electrons. The molecule has 6 nitrogen and oxygen atoms in total. The van der Waals surface area contributed by atoms with Crippen molar-refractivity contribution in [2.24, 2.45) is 0 Å². The summed E-state index contributed by atoms with van der Waals surface area (Å²) < 4.78 is 41.5. The van der Waals surface area contributed by atoms with Gasteiger partial charge >= 0.3 is 16.6 Å². The van der Waals surface area contributed by atoms with Crippen LogP contribution in [0.1, 0.15) is 5.56 Å². The number of nitrogens with one attached hydrogen (secondary N) is 1. The zero-order valence-electron chi connectivity index (χ0n) is 7.77. The number of hydrogen-bond donors (Lipinski definition) is 1. The normalized spacial score (nSPS) is 14.7. The Kier molecular flexibility index (Phi) is 2.43. The van der Waals surface area contributed by atoms with Gasteiger partial charge in [-0.15, -0.1) is 0 Å². The predicted octanol–water partition coefficient (Wildman–Crippen LogP) is 0.882. The maximum Gasteiger partial charge on any atom is 0.488 e. The molecule has 2 rings (SSSR count). The molecule has 86 valence electrons. The van der Waals surface area contributed by atoms with Crippen LogP contribution in [0.5, 0.6) is 11.5 Å². The lowest BCUT2D eigenvalue weighted by Crippen LogP contribution is -2.31. The van der Waals surface area contributed by atoms with E-state index in [1.807, 2.05) is 0 Å². The van der Waals surface area contributed by atoms with E-state index in [4.69, 9.17) is 4.74 Å². The van der Waals surface area contributed by atoms with Crippen LogP contribution in [-0.2, 0) is 17.0 Å². The van der Waals surface area contributed by atoms with E-state index in [9.17, 15) is 17.1 Å². The Bertz CT molecular complexity index is 541. The standard InChI is InChI=1S/C8H6FNO5S/c9-16(12,13)15-6-1-2-7-5(3-6)4-10-8(11)14-7/h1-3H,4H2,(H,10,11). The molecule has 0 aliphatic carbocycles. The van der Waals surface area contributed by atoms with E-state index in [0.29, 0.717) is 5.56 Å². The summed E-state index contributed by atoms with van der Waals surface area (Å²) in [4.78, 5) is 10.8. The summed E-state index contributed by atoms with van der Waals surface area (Å²) >= 11 is 0. The Balaban J connectivity index is 2.30. The minimum Gasteiger partial charge on any atom is -0.410 e. The number of amides is 1. The lowest BCUT2D eigenvalue weighted by molar-refractivity contribution is 0.194. The van der Waals surface area contributed by atoms with Gasteiger partial charge in [-0.2, -0.15) is 8.42 Å².